The highest BCUT2D eigenvalue weighted by Crippen LogP contribution is 2.36. The van der Waals surface area contributed by atoms with Gasteiger partial charge in [0.15, 0.2) is 0 Å². The van der Waals surface area contributed by atoms with Gasteiger partial charge in [0.2, 0.25) is 11.8 Å². The van der Waals surface area contributed by atoms with Crippen molar-refractivity contribution >= 4 is 23.4 Å². The van der Waals surface area contributed by atoms with Gasteiger partial charge < -0.3 is 15.5 Å². The predicted molar refractivity (Wildman–Crippen MR) is 111 cm³/mol. The zero-order valence-corrected chi connectivity index (χ0v) is 17.3. The SMILES string of the molecule is C[C@@H]1[C@H](C)CCC[C@@H]1N1C[C@@H](C(=O)Nc2cccc(C(=O)NC3CC3)c2)CC1=O. The lowest BCUT2D eigenvalue weighted by molar-refractivity contribution is -0.131. The molecule has 2 aliphatic carbocycles. The molecule has 0 aromatic heterocycles. The fourth-order valence-electron chi connectivity index (χ4n) is 4.70. The van der Waals surface area contributed by atoms with Gasteiger partial charge >= 0.3 is 0 Å². The number of carbonyl (C=O) groups excluding carboxylic acids is 3. The molecule has 0 spiro atoms. The highest BCUT2D eigenvalue weighted by atomic mass is 16.2. The van der Waals surface area contributed by atoms with Crippen molar-refractivity contribution in [3.63, 3.8) is 0 Å². The predicted octanol–water partition coefficient (Wildman–Crippen LogP) is 3.19. The van der Waals surface area contributed by atoms with Crippen molar-refractivity contribution in [1.29, 1.82) is 0 Å². The Morgan fingerprint density at radius 3 is 2.66 bits per heavy atom. The van der Waals surface area contributed by atoms with Crippen molar-refractivity contribution in [1.82, 2.24) is 10.2 Å². The average Bonchev–Trinajstić information content (AvgIpc) is 3.43. The van der Waals surface area contributed by atoms with Crippen LogP contribution in [-0.4, -0.2) is 41.2 Å². The van der Waals surface area contributed by atoms with E-state index in [1.54, 1.807) is 24.3 Å². The molecular weight excluding hydrogens is 366 g/mol. The van der Waals surface area contributed by atoms with E-state index in [-0.39, 0.29) is 36.1 Å². The third-order valence-electron chi connectivity index (χ3n) is 6.90. The van der Waals surface area contributed by atoms with E-state index in [1.807, 2.05) is 4.90 Å². The maximum absolute atomic E-state index is 12.8. The van der Waals surface area contributed by atoms with Crippen LogP contribution >= 0.6 is 0 Å². The highest BCUT2D eigenvalue weighted by molar-refractivity contribution is 5.99. The topological polar surface area (TPSA) is 78.5 Å². The van der Waals surface area contributed by atoms with Crippen LogP contribution in [0.15, 0.2) is 24.3 Å². The standard InChI is InChI=1S/C23H31N3O3/c1-14-5-3-8-20(15(14)2)26-13-17(12-21(26)27)23(29)25-19-7-4-6-16(11-19)22(28)24-18-9-10-18/h4,6-7,11,14-15,17-18,20H,3,5,8-10,12-13H2,1-2H3,(H,24,28)(H,25,29)/t14-,15-,17+,20+/m1/s1. The smallest absolute Gasteiger partial charge is 0.251 e. The summed E-state index contributed by atoms with van der Waals surface area (Å²) in [6.07, 6.45) is 5.73. The van der Waals surface area contributed by atoms with Gasteiger partial charge in [0.25, 0.3) is 5.91 Å². The van der Waals surface area contributed by atoms with Crippen LogP contribution in [0.1, 0.15) is 62.7 Å². The molecule has 1 aromatic carbocycles. The van der Waals surface area contributed by atoms with Crippen molar-refractivity contribution in [2.45, 2.75) is 64.5 Å². The van der Waals surface area contributed by atoms with E-state index in [0.29, 0.717) is 35.7 Å². The van der Waals surface area contributed by atoms with Crippen molar-refractivity contribution in [3.8, 4) is 0 Å². The summed E-state index contributed by atoms with van der Waals surface area (Å²) in [6.45, 7) is 4.98. The number of hydrogen-bond donors (Lipinski definition) is 2. The van der Waals surface area contributed by atoms with Crippen LogP contribution in [0.5, 0.6) is 0 Å². The summed E-state index contributed by atoms with van der Waals surface area (Å²) in [5, 5.41) is 5.87. The Labute approximate surface area is 172 Å². The highest BCUT2D eigenvalue weighted by Gasteiger charge is 2.41. The molecule has 2 saturated carbocycles. The minimum atomic E-state index is -0.337. The monoisotopic (exact) mass is 397 g/mol. The Morgan fingerprint density at radius 2 is 1.90 bits per heavy atom. The van der Waals surface area contributed by atoms with Crippen LogP contribution in [0.25, 0.3) is 0 Å². The minimum Gasteiger partial charge on any atom is -0.349 e. The van der Waals surface area contributed by atoms with Crippen LogP contribution in [0.2, 0.25) is 0 Å². The first-order valence-corrected chi connectivity index (χ1v) is 10.9. The van der Waals surface area contributed by atoms with Crippen molar-refractivity contribution in [2.24, 2.45) is 17.8 Å². The van der Waals surface area contributed by atoms with Gasteiger partial charge in [-0.2, -0.15) is 0 Å². The lowest BCUT2D eigenvalue weighted by Gasteiger charge is -2.40. The first-order chi connectivity index (χ1) is 13.9. The quantitative estimate of drug-likeness (QED) is 0.801. The molecule has 156 valence electrons. The maximum Gasteiger partial charge on any atom is 0.251 e. The molecule has 6 nitrogen and oxygen atoms in total. The van der Waals surface area contributed by atoms with Crippen LogP contribution in [0, 0.1) is 17.8 Å². The van der Waals surface area contributed by atoms with Crippen molar-refractivity contribution < 1.29 is 14.4 Å². The summed E-state index contributed by atoms with van der Waals surface area (Å²) >= 11 is 0. The summed E-state index contributed by atoms with van der Waals surface area (Å²) in [4.78, 5) is 39.6. The second-order valence-corrected chi connectivity index (χ2v) is 9.10. The Balaban J connectivity index is 1.38. The Bertz CT molecular complexity index is 804. The molecule has 3 fully saturated rings. The molecule has 0 bridgehead atoms. The van der Waals surface area contributed by atoms with Gasteiger partial charge in [-0.1, -0.05) is 32.8 Å². The molecule has 1 aromatic rings. The van der Waals surface area contributed by atoms with Gasteiger partial charge in [-0.25, -0.2) is 0 Å². The van der Waals surface area contributed by atoms with E-state index in [1.165, 1.54) is 6.42 Å². The molecule has 1 heterocycles. The number of carbonyl (C=O) groups is 3. The number of amides is 3. The second kappa shape index (κ2) is 8.17. The van der Waals surface area contributed by atoms with Gasteiger partial charge in [-0.05, 0) is 49.3 Å². The fraction of sp³-hybridized carbons (Fsp3) is 0.609. The van der Waals surface area contributed by atoms with E-state index in [0.717, 1.165) is 25.7 Å². The molecule has 2 N–H and O–H groups in total. The molecule has 4 rings (SSSR count). The van der Waals surface area contributed by atoms with Crippen LogP contribution in [0.3, 0.4) is 0 Å². The molecule has 0 unspecified atom stereocenters. The summed E-state index contributed by atoms with van der Waals surface area (Å²) in [7, 11) is 0. The lowest BCUT2D eigenvalue weighted by atomic mass is 9.77. The molecule has 3 amide bonds. The van der Waals surface area contributed by atoms with Gasteiger partial charge in [-0.3, -0.25) is 14.4 Å². The third-order valence-corrected chi connectivity index (χ3v) is 6.90. The van der Waals surface area contributed by atoms with Crippen LogP contribution in [0.4, 0.5) is 5.69 Å². The first-order valence-electron chi connectivity index (χ1n) is 10.9. The average molecular weight is 398 g/mol. The molecular formula is C23H31N3O3. The Morgan fingerprint density at radius 1 is 1.10 bits per heavy atom. The van der Waals surface area contributed by atoms with Crippen molar-refractivity contribution in [2.75, 3.05) is 11.9 Å². The van der Waals surface area contributed by atoms with Gasteiger partial charge in [0.1, 0.15) is 0 Å². The minimum absolute atomic E-state index is 0.0914. The number of anilines is 1. The summed E-state index contributed by atoms with van der Waals surface area (Å²) in [5.74, 6) is 0.586. The number of rotatable bonds is 5. The zero-order chi connectivity index (χ0) is 20.5. The van der Waals surface area contributed by atoms with Gasteiger partial charge in [0, 0.05) is 36.3 Å². The van der Waals surface area contributed by atoms with Crippen LogP contribution < -0.4 is 10.6 Å². The maximum atomic E-state index is 12.8. The molecule has 0 radical (unpaired) electrons. The first kappa shape index (κ1) is 19.9. The Hall–Kier alpha value is -2.37. The molecule has 4 atom stereocenters. The molecule has 29 heavy (non-hydrogen) atoms. The normalized spacial score (nSPS) is 29.6. The third kappa shape index (κ3) is 4.46. The fourth-order valence-corrected chi connectivity index (χ4v) is 4.70. The molecule has 6 heteroatoms. The summed E-state index contributed by atoms with van der Waals surface area (Å²) < 4.78 is 0. The van der Waals surface area contributed by atoms with Gasteiger partial charge in [0.05, 0.1) is 5.92 Å². The number of nitrogens with zero attached hydrogens (tertiary/aromatic N) is 1. The van der Waals surface area contributed by atoms with Crippen LogP contribution in [-0.2, 0) is 9.59 Å². The largest absolute Gasteiger partial charge is 0.349 e. The zero-order valence-electron chi connectivity index (χ0n) is 17.3. The molecule has 1 saturated heterocycles. The van der Waals surface area contributed by atoms with E-state index >= 15 is 0 Å². The lowest BCUT2D eigenvalue weighted by Crippen LogP contribution is -2.45. The number of hydrogen-bond acceptors (Lipinski definition) is 3. The summed E-state index contributed by atoms with van der Waals surface area (Å²) in [5.41, 5.74) is 1.15. The summed E-state index contributed by atoms with van der Waals surface area (Å²) in [6, 6.07) is 7.55. The number of likely N-dealkylation sites (tertiary alicyclic amines) is 1. The number of benzene rings is 1. The van der Waals surface area contributed by atoms with E-state index in [4.69, 9.17) is 0 Å². The molecule has 1 aliphatic heterocycles. The molecule has 3 aliphatic rings. The second-order valence-electron chi connectivity index (χ2n) is 9.10. The Kier molecular flexibility index (Phi) is 5.61. The van der Waals surface area contributed by atoms with E-state index in [9.17, 15) is 14.4 Å². The number of nitrogens with one attached hydrogen (secondary N) is 2. The van der Waals surface area contributed by atoms with Gasteiger partial charge in [-0.15, -0.1) is 0 Å². The van der Waals surface area contributed by atoms with Crippen molar-refractivity contribution in [3.05, 3.63) is 29.8 Å². The van der Waals surface area contributed by atoms with E-state index < -0.39 is 0 Å². The van der Waals surface area contributed by atoms with E-state index in [2.05, 4.69) is 24.5 Å².